The van der Waals surface area contributed by atoms with Crippen molar-refractivity contribution in [1.29, 1.82) is 0 Å². The van der Waals surface area contributed by atoms with Crippen LogP contribution in [0.4, 0.5) is 4.79 Å². The Hall–Kier alpha value is -1.03. The van der Waals surface area contributed by atoms with E-state index in [1.54, 1.807) is 18.1 Å². The molecule has 1 saturated heterocycles. The molecule has 0 spiro atoms. The van der Waals surface area contributed by atoms with Gasteiger partial charge in [0.2, 0.25) is 0 Å². The monoisotopic (exact) mass is 241 g/mol. The van der Waals surface area contributed by atoms with Gasteiger partial charge in [-0.1, -0.05) is 6.08 Å². The minimum absolute atomic E-state index is 0.0485. The van der Waals surface area contributed by atoms with E-state index in [9.17, 15) is 4.79 Å². The molecule has 0 aromatic carbocycles. The van der Waals surface area contributed by atoms with Crippen LogP contribution in [0, 0.1) is 0 Å². The van der Waals surface area contributed by atoms with Crippen LogP contribution in [0.3, 0.4) is 0 Å². The molecule has 1 amide bonds. The Morgan fingerprint density at radius 2 is 2.18 bits per heavy atom. The second kappa shape index (κ2) is 5.54. The second-order valence-corrected chi connectivity index (χ2v) is 5.32. The molecule has 1 aliphatic rings. The Morgan fingerprint density at radius 3 is 2.65 bits per heavy atom. The molecule has 1 rings (SSSR count). The fraction of sp³-hybridized carbons (Fsp3) is 0.769. The maximum absolute atomic E-state index is 12.0. The van der Waals surface area contributed by atoms with E-state index in [1.807, 2.05) is 20.8 Å². The molecule has 0 radical (unpaired) electrons. The number of likely N-dealkylation sites (tertiary alicyclic amines) is 1. The lowest BCUT2D eigenvalue weighted by molar-refractivity contribution is 0.00513. The van der Waals surface area contributed by atoms with Gasteiger partial charge >= 0.3 is 6.09 Å². The summed E-state index contributed by atoms with van der Waals surface area (Å²) in [7, 11) is 1.64. The van der Waals surface area contributed by atoms with Crippen LogP contribution < -0.4 is 0 Å². The Labute approximate surface area is 104 Å². The molecular formula is C13H23NO3. The quantitative estimate of drug-likeness (QED) is 0.713. The smallest absolute Gasteiger partial charge is 0.410 e. The van der Waals surface area contributed by atoms with Crippen LogP contribution in [0.25, 0.3) is 0 Å². The zero-order chi connectivity index (χ0) is 13.1. The fourth-order valence-corrected chi connectivity index (χ4v) is 2.09. The molecule has 0 aliphatic carbocycles. The average Bonchev–Trinajstić information content (AvgIpc) is 2.66. The van der Waals surface area contributed by atoms with Gasteiger partial charge < -0.3 is 14.4 Å². The number of hydrogen-bond donors (Lipinski definition) is 0. The Kier molecular flexibility index (Phi) is 4.57. The van der Waals surface area contributed by atoms with Crippen molar-refractivity contribution >= 4 is 6.09 Å². The molecule has 17 heavy (non-hydrogen) atoms. The van der Waals surface area contributed by atoms with Gasteiger partial charge in [-0.2, -0.15) is 0 Å². The Morgan fingerprint density at radius 1 is 1.53 bits per heavy atom. The van der Waals surface area contributed by atoms with E-state index < -0.39 is 5.60 Å². The number of hydrogen-bond acceptors (Lipinski definition) is 3. The van der Waals surface area contributed by atoms with E-state index in [-0.39, 0.29) is 18.2 Å². The van der Waals surface area contributed by atoms with Crippen molar-refractivity contribution in [1.82, 2.24) is 4.90 Å². The highest BCUT2D eigenvalue weighted by atomic mass is 16.6. The number of methoxy groups -OCH3 is 1. The molecule has 2 atom stereocenters. The van der Waals surface area contributed by atoms with Crippen molar-refractivity contribution in [2.75, 3.05) is 13.7 Å². The molecule has 98 valence electrons. The molecule has 0 aromatic heterocycles. The molecule has 4 nitrogen and oxygen atoms in total. The molecule has 0 bridgehead atoms. The predicted octanol–water partition coefficient (Wildman–Crippen LogP) is 2.59. The SMILES string of the molecule is C=CC(OC)C1CCCN1C(=O)OC(C)(C)C. The van der Waals surface area contributed by atoms with Gasteiger partial charge in [-0.25, -0.2) is 4.79 Å². The fourth-order valence-electron chi connectivity index (χ4n) is 2.09. The van der Waals surface area contributed by atoms with Gasteiger partial charge in [0.25, 0.3) is 0 Å². The zero-order valence-corrected chi connectivity index (χ0v) is 11.2. The zero-order valence-electron chi connectivity index (χ0n) is 11.2. The minimum atomic E-state index is -0.457. The summed E-state index contributed by atoms with van der Waals surface area (Å²) in [6.07, 6.45) is 3.28. The number of ether oxygens (including phenoxy) is 2. The largest absolute Gasteiger partial charge is 0.444 e. The highest BCUT2D eigenvalue weighted by molar-refractivity contribution is 5.69. The van der Waals surface area contributed by atoms with Crippen LogP contribution in [0.2, 0.25) is 0 Å². The van der Waals surface area contributed by atoms with Crippen LogP contribution >= 0.6 is 0 Å². The van der Waals surface area contributed by atoms with Gasteiger partial charge in [-0.3, -0.25) is 0 Å². The predicted molar refractivity (Wildman–Crippen MR) is 67.0 cm³/mol. The third-order valence-electron chi connectivity index (χ3n) is 2.81. The standard InChI is InChI=1S/C13H23NO3/c1-6-11(16-5)10-8-7-9-14(10)12(15)17-13(2,3)4/h6,10-11H,1,7-9H2,2-5H3. The van der Waals surface area contributed by atoms with E-state index in [0.717, 1.165) is 19.4 Å². The molecule has 0 N–H and O–H groups in total. The number of amides is 1. The molecule has 0 aromatic rings. The number of carbonyl (C=O) groups is 1. The first-order valence-electron chi connectivity index (χ1n) is 6.04. The van der Waals surface area contributed by atoms with Crippen LogP contribution in [-0.2, 0) is 9.47 Å². The van der Waals surface area contributed by atoms with Crippen molar-refractivity contribution in [3.63, 3.8) is 0 Å². The highest BCUT2D eigenvalue weighted by Gasteiger charge is 2.35. The molecule has 1 aliphatic heterocycles. The highest BCUT2D eigenvalue weighted by Crippen LogP contribution is 2.24. The molecule has 4 heteroatoms. The number of nitrogens with zero attached hydrogens (tertiary/aromatic N) is 1. The minimum Gasteiger partial charge on any atom is -0.444 e. The topological polar surface area (TPSA) is 38.8 Å². The summed E-state index contributed by atoms with van der Waals surface area (Å²) in [6.45, 7) is 10.1. The lowest BCUT2D eigenvalue weighted by Gasteiger charge is -2.31. The van der Waals surface area contributed by atoms with Crippen LogP contribution in [-0.4, -0.2) is 42.4 Å². The van der Waals surface area contributed by atoms with Gasteiger partial charge in [0.05, 0.1) is 12.1 Å². The van der Waals surface area contributed by atoms with Crippen molar-refractivity contribution in [3.8, 4) is 0 Å². The lowest BCUT2D eigenvalue weighted by atomic mass is 10.1. The first kappa shape index (κ1) is 14.0. The summed E-state index contributed by atoms with van der Waals surface area (Å²) in [4.78, 5) is 13.8. The van der Waals surface area contributed by atoms with Crippen LogP contribution in [0.5, 0.6) is 0 Å². The van der Waals surface area contributed by atoms with Gasteiger partial charge in [0.15, 0.2) is 0 Å². The van der Waals surface area contributed by atoms with Crippen molar-refractivity contribution in [3.05, 3.63) is 12.7 Å². The molecule has 1 heterocycles. The summed E-state index contributed by atoms with van der Waals surface area (Å²) in [6, 6.07) is 0.0485. The van der Waals surface area contributed by atoms with E-state index in [1.165, 1.54) is 0 Å². The first-order chi connectivity index (χ1) is 7.89. The van der Waals surface area contributed by atoms with Crippen molar-refractivity contribution in [2.24, 2.45) is 0 Å². The summed E-state index contributed by atoms with van der Waals surface area (Å²) in [5.74, 6) is 0. The normalized spacial score (nSPS) is 22.4. The third-order valence-corrected chi connectivity index (χ3v) is 2.81. The van der Waals surface area contributed by atoms with E-state index >= 15 is 0 Å². The Balaban J connectivity index is 2.69. The number of carbonyl (C=O) groups excluding carboxylic acids is 1. The van der Waals surface area contributed by atoms with E-state index in [0.29, 0.717) is 0 Å². The van der Waals surface area contributed by atoms with Crippen LogP contribution in [0.1, 0.15) is 33.6 Å². The van der Waals surface area contributed by atoms with Gasteiger partial charge in [-0.05, 0) is 33.6 Å². The summed E-state index contributed by atoms with van der Waals surface area (Å²) in [5.41, 5.74) is -0.457. The average molecular weight is 241 g/mol. The van der Waals surface area contributed by atoms with Gasteiger partial charge in [0, 0.05) is 13.7 Å². The van der Waals surface area contributed by atoms with E-state index in [2.05, 4.69) is 6.58 Å². The summed E-state index contributed by atoms with van der Waals surface area (Å²) in [5, 5.41) is 0. The summed E-state index contributed by atoms with van der Waals surface area (Å²) >= 11 is 0. The number of rotatable bonds is 3. The molecule has 1 fully saturated rings. The maximum atomic E-state index is 12.0. The lowest BCUT2D eigenvalue weighted by Crippen LogP contribution is -2.45. The van der Waals surface area contributed by atoms with Gasteiger partial charge in [-0.15, -0.1) is 6.58 Å². The molecule has 2 unspecified atom stereocenters. The third kappa shape index (κ3) is 3.73. The summed E-state index contributed by atoms with van der Waals surface area (Å²) < 4.78 is 10.7. The van der Waals surface area contributed by atoms with Gasteiger partial charge in [0.1, 0.15) is 5.60 Å². The second-order valence-electron chi connectivity index (χ2n) is 5.32. The van der Waals surface area contributed by atoms with Crippen molar-refractivity contribution in [2.45, 2.75) is 51.4 Å². The van der Waals surface area contributed by atoms with Crippen LogP contribution in [0.15, 0.2) is 12.7 Å². The molecule has 0 saturated carbocycles. The maximum Gasteiger partial charge on any atom is 0.410 e. The van der Waals surface area contributed by atoms with Crippen molar-refractivity contribution < 1.29 is 14.3 Å². The Bertz CT molecular complexity index is 283. The van der Waals surface area contributed by atoms with E-state index in [4.69, 9.17) is 9.47 Å². The first-order valence-corrected chi connectivity index (χ1v) is 6.04. The molecular weight excluding hydrogens is 218 g/mol.